The van der Waals surface area contributed by atoms with E-state index in [1.165, 1.54) is 11.1 Å². The van der Waals surface area contributed by atoms with Gasteiger partial charge in [-0.1, -0.05) is 73.5 Å². The lowest BCUT2D eigenvalue weighted by Crippen LogP contribution is -2.49. The van der Waals surface area contributed by atoms with Gasteiger partial charge in [-0.05, 0) is 44.2 Å². The Kier molecular flexibility index (Phi) is 9.42. The summed E-state index contributed by atoms with van der Waals surface area (Å²) < 4.78 is 0. The molecule has 29 heavy (non-hydrogen) atoms. The zero-order chi connectivity index (χ0) is 21.1. The number of nitrogens with one attached hydrogen (secondary N) is 1. The molecular weight excluding hydrogens is 360 g/mol. The maximum Gasteiger partial charge on any atom is 0.242 e. The van der Waals surface area contributed by atoms with Crippen LogP contribution in [0.2, 0.25) is 0 Å². The maximum absolute atomic E-state index is 13.0. The van der Waals surface area contributed by atoms with Gasteiger partial charge in [0, 0.05) is 19.5 Å². The van der Waals surface area contributed by atoms with Crippen molar-refractivity contribution < 1.29 is 9.59 Å². The molecule has 1 atom stereocenters. The lowest BCUT2D eigenvalue weighted by Gasteiger charge is -2.29. The van der Waals surface area contributed by atoms with Crippen LogP contribution in [-0.2, 0) is 22.4 Å². The highest BCUT2D eigenvalue weighted by molar-refractivity contribution is 5.87. The van der Waals surface area contributed by atoms with Crippen LogP contribution in [0.1, 0.15) is 49.8 Å². The summed E-state index contributed by atoms with van der Waals surface area (Å²) in [7, 11) is 0. The summed E-state index contributed by atoms with van der Waals surface area (Å²) in [4.78, 5) is 27.3. The van der Waals surface area contributed by atoms with Gasteiger partial charge in [0.15, 0.2) is 0 Å². The SMILES string of the molecule is CCCCNC(=O)[C@@H](C)N(CCc1ccccc1)C(=O)CCc1ccc(C)cc1. The molecule has 4 heteroatoms. The molecule has 0 radical (unpaired) electrons. The van der Waals surface area contributed by atoms with E-state index in [1.807, 2.05) is 25.1 Å². The van der Waals surface area contributed by atoms with Gasteiger partial charge in [0.2, 0.25) is 11.8 Å². The Morgan fingerprint density at radius 3 is 2.28 bits per heavy atom. The Morgan fingerprint density at radius 2 is 1.62 bits per heavy atom. The van der Waals surface area contributed by atoms with Crippen molar-refractivity contribution in [2.45, 2.75) is 58.9 Å². The number of carbonyl (C=O) groups is 2. The van der Waals surface area contributed by atoms with E-state index in [4.69, 9.17) is 0 Å². The van der Waals surface area contributed by atoms with Crippen molar-refractivity contribution in [1.29, 1.82) is 0 Å². The number of hydrogen-bond acceptors (Lipinski definition) is 2. The Bertz CT molecular complexity index is 756. The number of benzene rings is 2. The minimum atomic E-state index is -0.471. The van der Waals surface area contributed by atoms with Crippen LogP contribution in [0, 0.1) is 6.92 Å². The fourth-order valence-corrected chi connectivity index (χ4v) is 3.26. The molecule has 0 aromatic heterocycles. The fraction of sp³-hybridized carbons (Fsp3) is 0.440. The second-order valence-electron chi connectivity index (χ2n) is 7.63. The predicted molar refractivity (Wildman–Crippen MR) is 119 cm³/mol. The summed E-state index contributed by atoms with van der Waals surface area (Å²) in [6.45, 7) is 7.17. The number of hydrogen-bond donors (Lipinski definition) is 1. The molecule has 0 saturated heterocycles. The number of unbranched alkanes of at least 4 members (excludes halogenated alkanes) is 1. The summed E-state index contributed by atoms with van der Waals surface area (Å²) in [6, 6.07) is 17.9. The molecule has 0 spiro atoms. The number of amides is 2. The average Bonchev–Trinajstić information content (AvgIpc) is 2.74. The van der Waals surface area contributed by atoms with Crippen LogP contribution in [-0.4, -0.2) is 35.8 Å². The Morgan fingerprint density at radius 1 is 0.966 bits per heavy atom. The van der Waals surface area contributed by atoms with Crippen molar-refractivity contribution in [3.8, 4) is 0 Å². The second kappa shape index (κ2) is 12.1. The van der Waals surface area contributed by atoms with Crippen LogP contribution in [0.5, 0.6) is 0 Å². The van der Waals surface area contributed by atoms with Crippen molar-refractivity contribution >= 4 is 11.8 Å². The zero-order valence-electron chi connectivity index (χ0n) is 18.0. The molecule has 0 fully saturated rings. The van der Waals surface area contributed by atoms with E-state index in [9.17, 15) is 9.59 Å². The van der Waals surface area contributed by atoms with E-state index in [0.29, 0.717) is 25.9 Å². The second-order valence-corrected chi connectivity index (χ2v) is 7.63. The number of carbonyl (C=O) groups excluding carboxylic acids is 2. The zero-order valence-corrected chi connectivity index (χ0v) is 18.0. The molecule has 156 valence electrons. The molecule has 2 rings (SSSR count). The third-order valence-corrected chi connectivity index (χ3v) is 5.23. The van der Waals surface area contributed by atoms with Crippen molar-refractivity contribution in [2.24, 2.45) is 0 Å². The normalized spacial score (nSPS) is 11.7. The van der Waals surface area contributed by atoms with Crippen LogP contribution in [0.15, 0.2) is 54.6 Å². The van der Waals surface area contributed by atoms with Gasteiger partial charge in [-0.15, -0.1) is 0 Å². The highest BCUT2D eigenvalue weighted by Gasteiger charge is 2.25. The lowest BCUT2D eigenvalue weighted by atomic mass is 10.1. The number of aryl methyl sites for hydroxylation is 2. The first-order valence-corrected chi connectivity index (χ1v) is 10.7. The first-order valence-electron chi connectivity index (χ1n) is 10.7. The molecule has 0 heterocycles. The van der Waals surface area contributed by atoms with Crippen LogP contribution in [0.3, 0.4) is 0 Å². The molecule has 0 saturated carbocycles. The molecule has 0 unspecified atom stereocenters. The van der Waals surface area contributed by atoms with Crippen molar-refractivity contribution in [2.75, 3.05) is 13.1 Å². The molecule has 4 nitrogen and oxygen atoms in total. The highest BCUT2D eigenvalue weighted by atomic mass is 16.2. The smallest absolute Gasteiger partial charge is 0.242 e. The van der Waals surface area contributed by atoms with E-state index in [2.05, 4.69) is 55.6 Å². The Labute approximate surface area is 175 Å². The van der Waals surface area contributed by atoms with E-state index in [0.717, 1.165) is 24.8 Å². The molecule has 0 bridgehead atoms. The van der Waals surface area contributed by atoms with Crippen LogP contribution in [0.4, 0.5) is 0 Å². The van der Waals surface area contributed by atoms with E-state index in [1.54, 1.807) is 4.90 Å². The molecule has 0 aliphatic rings. The van der Waals surface area contributed by atoms with Crippen LogP contribution in [0.25, 0.3) is 0 Å². The van der Waals surface area contributed by atoms with Gasteiger partial charge in [0.05, 0.1) is 0 Å². The van der Waals surface area contributed by atoms with Gasteiger partial charge in [0.25, 0.3) is 0 Å². The highest BCUT2D eigenvalue weighted by Crippen LogP contribution is 2.11. The molecule has 0 aliphatic heterocycles. The maximum atomic E-state index is 13.0. The lowest BCUT2D eigenvalue weighted by molar-refractivity contribution is -0.139. The first-order chi connectivity index (χ1) is 14.0. The molecule has 0 aliphatic carbocycles. The molecule has 2 aromatic carbocycles. The van der Waals surface area contributed by atoms with E-state index < -0.39 is 6.04 Å². The largest absolute Gasteiger partial charge is 0.354 e. The van der Waals surface area contributed by atoms with Gasteiger partial charge in [-0.25, -0.2) is 0 Å². The first kappa shape index (κ1) is 22.7. The Hall–Kier alpha value is -2.62. The summed E-state index contributed by atoms with van der Waals surface area (Å²) >= 11 is 0. The molecule has 2 amide bonds. The summed E-state index contributed by atoms with van der Waals surface area (Å²) in [5.74, 6) is -0.0464. The molecular formula is C25H34N2O2. The fourth-order valence-electron chi connectivity index (χ4n) is 3.26. The van der Waals surface area contributed by atoms with Gasteiger partial charge in [-0.2, -0.15) is 0 Å². The van der Waals surface area contributed by atoms with E-state index >= 15 is 0 Å². The topological polar surface area (TPSA) is 49.4 Å². The summed E-state index contributed by atoms with van der Waals surface area (Å²) in [5.41, 5.74) is 3.52. The van der Waals surface area contributed by atoms with Gasteiger partial charge in [0.1, 0.15) is 6.04 Å². The third kappa shape index (κ3) is 7.72. The minimum Gasteiger partial charge on any atom is -0.354 e. The van der Waals surface area contributed by atoms with Gasteiger partial charge < -0.3 is 10.2 Å². The van der Waals surface area contributed by atoms with E-state index in [-0.39, 0.29) is 11.8 Å². The molecule has 1 N–H and O–H groups in total. The van der Waals surface area contributed by atoms with Gasteiger partial charge >= 0.3 is 0 Å². The summed E-state index contributed by atoms with van der Waals surface area (Å²) in [5, 5.41) is 2.96. The monoisotopic (exact) mass is 394 g/mol. The van der Waals surface area contributed by atoms with Crippen molar-refractivity contribution in [3.05, 3.63) is 71.3 Å². The van der Waals surface area contributed by atoms with Crippen LogP contribution >= 0.6 is 0 Å². The standard InChI is InChI=1S/C25H34N2O2/c1-4-5-18-26-25(29)21(3)27(19-17-22-9-7-6-8-10-22)24(28)16-15-23-13-11-20(2)12-14-23/h6-14,21H,4-5,15-19H2,1-3H3,(H,26,29)/t21-/m1/s1. The summed E-state index contributed by atoms with van der Waals surface area (Å²) in [6.07, 6.45) is 3.81. The number of nitrogens with zero attached hydrogens (tertiary/aromatic N) is 1. The average molecular weight is 395 g/mol. The minimum absolute atomic E-state index is 0.0275. The van der Waals surface area contributed by atoms with Crippen molar-refractivity contribution in [3.63, 3.8) is 0 Å². The third-order valence-electron chi connectivity index (χ3n) is 5.23. The number of rotatable bonds is 11. The van der Waals surface area contributed by atoms with Gasteiger partial charge in [-0.3, -0.25) is 9.59 Å². The molecule has 2 aromatic rings. The Balaban J connectivity index is 2.01. The predicted octanol–water partition coefficient (Wildman–Crippen LogP) is 4.30. The van der Waals surface area contributed by atoms with Crippen molar-refractivity contribution in [1.82, 2.24) is 10.2 Å². The quantitative estimate of drug-likeness (QED) is 0.578. The van der Waals surface area contributed by atoms with Crippen LogP contribution < -0.4 is 5.32 Å².